The number of thioether (sulfide) groups is 1. The van der Waals surface area contributed by atoms with Crippen molar-refractivity contribution >= 4 is 46.7 Å². The zero-order valence-corrected chi connectivity index (χ0v) is 21.6. The Labute approximate surface area is 221 Å². The smallest absolute Gasteiger partial charge is 0.319 e. The van der Waals surface area contributed by atoms with Gasteiger partial charge >= 0.3 is 6.03 Å². The molecule has 36 heavy (non-hydrogen) atoms. The molecule has 2 N–H and O–H groups in total. The maximum atomic E-state index is 13.9. The number of nitrogens with zero attached hydrogens (tertiary/aromatic N) is 3. The maximum Gasteiger partial charge on any atom is 0.319 e. The monoisotopic (exact) mass is 547 g/mol. The van der Waals surface area contributed by atoms with Crippen LogP contribution in [0.2, 0.25) is 10.0 Å². The summed E-state index contributed by atoms with van der Waals surface area (Å²) in [7, 11) is 0. The molecule has 6 nitrogen and oxygen atoms in total. The van der Waals surface area contributed by atoms with Crippen LogP contribution in [0.5, 0.6) is 0 Å². The third-order valence-corrected chi connectivity index (χ3v) is 6.71. The second-order valence-corrected chi connectivity index (χ2v) is 9.78. The van der Waals surface area contributed by atoms with Crippen LogP contribution in [-0.2, 0) is 5.75 Å². The number of halogens is 4. The van der Waals surface area contributed by atoms with Crippen molar-refractivity contribution in [3.05, 3.63) is 99.3 Å². The van der Waals surface area contributed by atoms with Crippen molar-refractivity contribution < 1.29 is 13.6 Å². The van der Waals surface area contributed by atoms with Gasteiger partial charge in [0.25, 0.3) is 0 Å². The van der Waals surface area contributed by atoms with Crippen LogP contribution in [-0.4, -0.2) is 20.8 Å². The van der Waals surface area contributed by atoms with Crippen LogP contribution >= 0.6 is 35.0 Å². The molecule has 11 heteroatoms. The molecular formula is C25H21Cl2F2N5OS. The Morgan fingerprint density at radius 2 is 1.89 bits per heavy atom. The quantitative estimate of drug-likeness (QED) is 0.237. The molecule has 0 aliphatic heterocycles. The van der Waals surface area contributed by atoms with Crippen molar-refractivity contribution in [2.45, 2.75) is 30.8 Å². The molecule has 2 amide bonds. The van der Waals surface area contributed by atoms with Gasteiger partial charge < -0.3 is 10.6 Å². The van der Waals surface area contributed by atoms with Gasteiger partial charge in [-0.2, -0.15) is 0 Å². The van der Waals surface area contributed by atoms with Crippen molar-refractivity contribution in [2.75, 3.05) is 5.32 Å². The van der Waals surface area contributed by atoms with E-state index in [2.05, 4.69) is 26.9 Å². The molecule has 0 saturated carbocycles. The SMILES string of the molecule is Cc1cccc(CSc2nnc(C(C)NC(=O)Nc3ccc(F)cc3F)n2-c2ccc(Cl)cc2Cl)c1. The number of nitrogens with one attached hydrogen (secondary N) is 2. The number of aromatic nitrogens is 3. The third kappa shape index (κ3) is 6.16. The lowest BCUT2D eigenvalue weighted by Gasteiger charge is -2.18. The molecule has 1 heterocycles. The Hall–Kier alpha value is -3.14. The molecule has 186 valence electrons. The first kappa shape index (κ1) is 25.9. The summed E-state index contributed by atoms with van der Waals surface area (Å²) in [4.78, 5) is 12.6. The lowest BCUT2D eigenvalue weighted by Crippen LogP contribution is -2.32. The van der Waals surface area contributed by atoms with Crippen LogP contribution in [0.3, 0.4) is 0 Å². The van der Waals surface area contributed by atoms with E-state index in [1.165, 1.54) is 11.8 Å². The van der Waals surface area contributed by atoms with E-state index in [0.29, 0.717) is 38.5 Å². The number of carbonyl (C=O) groups is 1. The van der Waals surface area contributed by atoms with Gasteiger partial charge in [0.2, 0.25) is 0 Å². The summed E-state index contributed by atoms with van der Waals surface area (Å²) in [5, 5.41) is 15.2. The zero-order valence-electron chi connectivity index (χ0n) is 19.2. The second kappa shape index (κ2) is 11.3. The Kier molecular flexibility index (Phi) is 8.13. The van der Waals surface area contributed by atoms with Crippen molar-refractivity contribution in [1.82, 2.24) is 20.1 Å². The van der Waals surface area contributed by atoms with E-state index >= 15 is 0 Å². The van der Waals surface area contributed by atoms with Crippen molar-refractivity contribution in [3.63, 3.8) is 0 Å². The largest absolute Gasteiger partial charge is 0.328 e. The van der Waals surface area contributed by atoms with Crippen LogP contribution < -0.4 is 10.6 Å². The Morgan fingerprint density at radius 1 is 1.08 bits per heavy atom. The fourth-order valence-corrected chi connectivity index (χ4v) is 4.89. The minimum absolute atomic E-state index is 0.155. The van der Waals surface area contributed by atoms with E-state index in [-0.39, 0.29) is 5.69 Å². The molecule has 0 radical (unpaired) electrons. The third-order valence-electron chi connectivity index (χ3n) is 5.17. The summed E-state index contributed by atoms with van der Waals surface area (Å²) in [6.07, 6.45) is 0. The Balaban J connectivity index is 1.60. The van der Waals surface area contributed by atoms with Crippen LogP contribution in [0.15, 0.2) is 65.8 Å². The lowest BCUT2D eigenvalue weighted by molar-refractivity contribution is 0.248. The molecule has 0 aliphatic rings. The number of hydrogen-bond donors (Lipinski definition) is 2. The van der Waals surface area contributed by atoms with Gasteiger partial charge in [-0.25, -0.2) is 13.6 Å². The van der Waals surface area contributed by atoms with Gasteiger partial charge in [0.05, 0.1) is 22.4 Å². The van der Waals surface area contributed by atoms with E-state index in [1.54, 1.807) is 29.7 Å². The number of benzene rings is 3. The highest BCUT2D eigenvalue weighted by Crippen LogP contribution is 2.32. The molecule has 0 bridgehead atoms. The average Bonchev–Trinajstić information content (AvgIpc) is 3.23. The molecule has 1 unspecified atom stereocenters. The summed E-state index contributed by atoms with van der Waals surface area (Å²) < 4.78 is 28.9. The van der Waals surface area contributed by atoms with Gasteiger partial charge in [-0.3, -0.25) is 4.57 Å². The molecule has 0 aliphatic carbocycles. The summed E-state index contributed by atoms with van der Waals surface area (Å²) in [5.41, 5.74) is 2.70. The molecule has 0 fully saturated rings. The first-order valence-electron chi connectivity index (χ1n) is 10.8. The standard InChI is InChI=1S/C25H21Cl2F2N5OS/c1-14-4-3-5-16(10-14)13-36-25-33-32-23(34(25)22-9-6-17(26)11-19(22)27)15(2)30-24(35)31-21-8-7-18(28)12-20(21)29/h3-12,15H,13H2,1-2H3,(H2,30,31,35). The molecule has 3 aromatic carbocycles. The molecule has 4 rings (SSSR count). The Bertz CT molecular complexity index is 1420. The zero-order chi connectivity index (χ0) is 25.8. The van der Waals surface area contributed by atoms with Gasteiger partial charge in [-0.15, -0.1) is 10.2 Å². The average molecular weight is 548 g/mol. The summed E-state index contributed by atoms with van der Waals surface area (Å²) in [6, 6.07) is 14.7. The summed E-state index contributed by atoms with van der Waals surface area (Å²) in [5.74, 6) is -0.586. The van der Waals surface area contributed by atoms with E-state index in [1.807, 2.05) is 25.1 Å². The van der Waals surface area contributed by atoms with Gasteiger partial charge in [0, 0.05) is 16.8 Å². The first-order chi connectivity index (χ1) is 17.2. The highest BCUT2D eigenvalue weighted by molar-refractivity contribution is 7.98. The highest BCUT2D eigenvalue weighted by Gasteiger charge is 2.23. The number of hydrogen-bond acceptors (Lipinski definition) is 4. The minimum atomic E-state index is -0.885. The molecule has 0 spiro atoms. The predicted molar refractivity (Wildman–Crippen MR) is 139 cm³/mol. The minimum Gasteiger partial charge on any atom is -0.328 e. The number of carbonyl (C=O) groups excluding carboxylic acids is 1. The number of amides is 2. The van der Waals surface area contributed by atoms with E-state index < -0.39 is 23.7 Å². The van der Waals surface area contributed by atoms with Gasteiger partial charge in [-0.05, 0) is 49.7 Å². The number of anilines is 1. The van der Waals surface area contributed by atoms with Crippen LogP contribution in [0.25, 0.3) is 5.69 Å². The fraction of sp³-hybridized carbons (Fsp3) is 0.160. The topological polar surface area (TPSA) is 71.8 Å². The van der Waals surface area contributed by atoms with Crippen molar-refractivity contribution in [1.29, 1.82) is 0 Å². The lowest BCUT2D eigenvalue weighted by atomic mass is 10.2. The molecule has 1 atom stereocenters. The maximum absolute atomic E-state index is 13.9. The number of rotatable bonds is 7. The molecule has 0 saturated heterocycles. The summed E-state index contributed by atoms with van der Waals surface area (Å²) in [6.45, 7) is 3.73. The normalized spacial score (nSPS) is 11.8. The van der Waals surface area contributed by atoms with E-state index in [0.717, 1.165) is 23.3 Å². The van der Waals surface area contributed by atoms with E-state index in [4.69, 9.17) is 23.2 Å². The molecular weight excluding hydrogens is 527 g/mol. The van der Waals surface area contributed by atoms with Crippen molar-refractivity contribution in [2.24, 2.45) is 0 Å². The van der Waals surface area contributed by atoms with Gasteiger partial charge in [-0.1, -0.05) is 64.8 Å². The van der Waals surface area contributed by atoms with Gasteiger partial charge in [0.15, 0.2) is 11.0 Å². The number of aryl methyl sites for hydroxylation is 1. The van der Waals surface area contributed by atoms with Crippen LogP contribution in [0.1, 0.15) is 29.9 Å². The second-order valence-electron chi connectivity index (χ2n) is 7.99. The Morgan fingerprint density at radius 3 is 2.61 bits per heavy atom. The molecule has 4 aromatic rings. The predicted octanol–water partition coefficient (Wildman–Crippen LogP) is 7.34. The number of urea groups is 1. The van der Waals surface area contributed by atoms with Crippen LogP contribution in [0, 0.1) is 18.6 Å². The van der Waals surface area contributed by atoms with Crippen LogP contribution in [0.4, 0.5) is 19.3 Å². The molecule has 1 aromatic heterocycles. The van der Waals surface area contributed by atoms with Crippen molar-refractivity contribution in [3.8, 4) is 5.69 Å². The van der Waals surface area contributed by atoms with Gasteiger partial charge in [0.1, 0.15) is 11.6 Å². The summed E-state index contributed by atoms with van der Waals surface area (Å²) >= 11 is 14.1. The van der Waals surface area contributed by atoms with E-state index in [9.17, 15) is 13.6 Å². The highest BCUT2D eigenvalue weighted by atomic mass is 35.5. The fourth-order valence-electron chi connectivity index (χ4n) is 3.50. The first-order valence-corrected chi connectivity index (χ1v) is 12.6.